The van der Waals surface area contributed by atoms with Crippen LogP contribution in [0, 0.1) is 19.8 Å². The lowest BCUT2D eigenvalue weighted by Gasteiger charge is -2.29. The maximum absolute atomic E-state index is 12.9. The van der Waals surface area contributed by atoms with Crippen molar-refractivity contribution in [2.24, 2.45) is 5.92 Å². The van der Waals surface area contributed by atoms with Gasteiger partial charge in [0.25, 0.3) is 5.56 Å². The molecule has 1 aliphatic heterocycles. The van der Waals surface area contributed by atoms with E-state index in [0.717, 1.165) is 34.3 Å². The third-order valence-corrected chi connectivity index (χ3v) is 6.34. The fourth-order valence-electron chi connectivity index (χ4n) is 3.39. The number of pyridine rings is 2. The van der Waals surface area contributed by atoms with Crippen molar-refractivity contribution in [3.05, 3.63) is 45.5 Å². The molecule has 0 unspecified atom stereocenters. The van der Waals surface area contributed by atoms with Crippen molar-refractivity contribution >= 4 is 29.4 Å². The van der Waals surface area contributed by atoms with Crippen molar-refractivity contribution in [3.8, 4) is 0 Å². The zero-order valence-electron chi connectivity index (χ0n) is 16.7. The number of aromatic nitrogens is 2. The zero-order valence-corrected chi connectivity index (χ0v) is 17.5. The molecule has 8 nitrogen and oxygen atoms in total. The number of hydrogen-bond donors (Lipinski definition) is 3. The smallest absolute Gasteiger partial charge is 0.275 e. The van der Waals surface area contributed by atoms with E-state index in [1.165, 1.54) is 17.4 Å². The summed E-state index contributed by atoms with van der Waals surface area (Å²) in [7, 11) is 0. The van der Waals surface area contributed by atoms with Crippen LogP contribution in [0.5, 0.6) is 0 Å². The second kappa shape index (κ2) is 8.08. The van der Waals surface area contributed by atoms with Gasteiger partial charge in [0.1, 0.15) is 18.1 Å². The van der Waals surface area contributed by atoms with Crippen molar-refractivity contribution in [1.29, 1.82) is 0 Å². The Morgan fingerprint density at radius 3 is 2.90 bits per heavy atom. The molecular weight excluding hydrogens is 388 g/mol. The van der Waals surface area contributed by atoms with Crippen molar-refractivity contribution in [2.75, 3.05) is 24.3 Å². The highest BCUT2D eigenvalue weighted by Gasteiger charge is 2.28. The first kappa shape index (κ1) is 19.8. The largest absolute Gasteiger partial charge is 0.384 e. The number of hydrogen-bond acceptors (Lipinski definition) is 7. The molecule has 2 aliphatic rings. The molecule has 0 atom stereocenters. The predicted octanol–water partition coefficient (Wildman–Crippen LogP) is 1.86. The maximum atomic E-state index is 12.9. The van der Waals surface area contributed by atoms with Crippen LogP contribution in [-0.4, -0.2) is 33.0 Å². The molecule has 0 bridgehead atoms. The topological polar surface area (TPSA) is 105 Å². The molecule has 1 aliphatic carbocycles. The van der Waals surface area contributed by atoms with Gasteiger partial charge in [-0.2, -0.15) is 0 Å². The first-order chi connectivity index (χ1) is 13.9. The van der Waals surface area contributed by atoms with Gasteiger partial charge in [0.15, 0.2) is 0 Å². The molecule has 0 saturated heterocycles. The lowest BCUT2D eigenvalue weighted by atomic mass is 10.2. The Morgan fingerprint density at radius 2 is 2.17 bits per heavy atom. The predicted molar refractivity (Wildman–Crippen MR) is 114 cm³/mol. The molecule has 0 radical (unpaired) electrons. The highest BCUT2D eigenvalue weighted by molar-refractivity contribution is 7.97. The van der Waals surface area contributed by atoms with Crippen LogP contribution in [0.4, 0.5) is 11.5 Å². The van der Waals surface area contributed by atoms with Gasteiger partial charge in [-0.15, -0.1) is 0 Å². The highest BCUT2D eigenvalue weighted by atomic mass is 32.2. The van der Waals surface area contributed by atoms with Crippen molar-refractivity contribution < 1.29 is 4.79 Å². The van der Waals surface area contributed by atoms with E-state index >= 15 is 0 Å². The van der Waals surface area contributed by atoms with E-state index < -0.39 is 0 Å². The molecular formula is C20H26N6O2S. The van der Waals surface area contributed by atoms with Crippen LogP contribution in [0.2, 0.25) is 0 Å². The average molecular weight is 415 g/mol. The van der Waals surface area contributed by atoms with E-state index in [4.69, 9.17) is 5.73 Å². The summed E-state index contributed by atoms with van der Waals surface area (Å²) in [4.78, 5) is 30.5. The number of nitrogens with zero attached hydrogens (tertiary/aromatic N) is 3. The number of anilines is 2. The maximum Gasteiger partial charge on any atom is 0.275 e. The van der Waals surface area contributed by atoms with Crippen LogP contribution in [0.15, 0.2) is 27.9 Å². The minimum absolute atomic E-state index is 0.0163. The fourth-order valence-corrected chi connectivity index (χ4v) is 4.56. The van der Waals surface area contributed by atoms with Crippen LogP contribution in [0.25, 0.3) is 0 Å². The molecule has 1 fully saturated rings. The first-order valence-electron chi connectivity index (χ1n) is 9.80. The second-order valence-corrected chi connectivity index (χ2v) is 8.85. The number of carbonyl (C=O) groups excluding carboxylic acids is 1. The lowest BCUT2D eigenvalue weighted by molar-refractivity contribution is -0.121. The van der Waals surface area contributed by atoms with Gasteiger partial charge in [-0.3, -0.25) is 9.59 Å². The number of nitrogen functional groups attached to an aromatic ring is 1. The Morgan fingerprint density at radius 1 is 1.38 bits per heavy atom. The van der Waals surface area contributed by atoms with Gasteiger partial charge < -0.3 is 20.9 Å². The van der Waals surface area contributed by atoms with E-state index in [2.05, 4.69) is 19.9 Å². The summed E-state index contributed by atoms with van der Waals surface area (Å²) in [6.45, 7) is 5.73. The van der Waals surface area contributed by atoms with E-state index in [0.29, 0.717) is 24.7 Å². The van der Waals surface area contributed by atoms with Gasteiger partial charge in [-0.1, -0.05) is 6.07 Å². The Bertz CT molecular complexity index is 1000. The van der Waals surface area contributed by atoms with Gasteiger partial charge in [-0.25, -0.2) is 9.29 Å². The summed E-state index contributed by atoms with van der Waals surface area (Å²) in [5.41, 5.74) is 8.55. The summed E-state index contributed by atoms with van der Waals surface area (Å²) >= 11 is 1.63. The molecule has 0 spiro atoms. The van der Waals surface area contributed by atoms with Crippen LogP contribution >= 0.6 is 11.9 Å². The quantitative estimate of drug-likeness (QED) is 0.620. The first-order valence-corrected chi connectivity index (χ1v) is 10.6. The highest BCUT2D eigenvalue weighted by Crippen LogP contribution is 2.37. The number of carbonyl (C=O) groups is 1. The van der Waals surface area contributed by atoms with E-state index in [1.54, 1.807) is 18.0 Å². The van der Waals surface area contributed by atoms with Crippen molar-refractivity contribution in [1.82, 2.24) is 19.2 Å². The molecule has 29 heavy (non-hydrogen) atoms. The monoisotopic (exact) mass is 414 g/mol. The van der Waals surface area contributed by atoms with Gasteiger partial charge in [0, 0.05) is 24.5 Å². The third-order valence-electron chi connectivity index (χ3n) is 5.28. The zero-order chi connectivity index (χ0) is 20.5. The minimum atomic E-state index is -0.217. The van der Waals surface area contributed by atoms with Crippen LogP contribution in [-0.2, 0) is 17.9 Å². The van der Waals surface area contributed by atoms with E-state index in [9.17, 15) is 9.59 Å². The number of nitrogens with two attached hydrogens (primary N) is 1. The Labute approximate surface area is 174 Å². The molecule has 2 aromatic rings. The van der Waals surface area contributed by atoms with Crippen LogP contribution < -0.4 is 21.9 Å². The van der Waals surface area contributed by atoms with E-state index in [-0.39, 0.29) is 18.0 Å². The van der Waals surface area contributed by atoms with Crippen LogP contribution in [0.1, 0.15) is 29.8 Å². The van der Waals surface area contributed by atoms with Crippen molar-refractivity contribution in [2.45, 2.75) is 44.7 Å². The Balaban J connectivity index is 1.43. The molecule has 9 heteroatoms. The van der Waals surface area contributed by atoms with Gasteiger partial charge in [-0.05, 0) is 62.3 Å². The summed E-state index contributed by atoms with van der Waals surface area (Å²) < 4.78 is 3.78. The molecule has 3 heterocycles. The number of nitrogens with one attached hydrogen (secondary N) is 2. The van der Waals surface area contributed by atoms with Crippen LogP contribution in [0.3, 0.4) is 0 Å². The van der Waals surface area contributed by atoms with Gasteiger partial charge in [0.2, 0.25) is 5.91 Å². The SMILES string of the molecule is Cc1nc(N)ccc1CNC(=O)Cn1c(C)cc2c(c1=O)NCN(CC1CC1)S2. The summed E-state index contributed by atoms with van der Waals surface area (Å²) in [6.07, 6.45) is 2.59. The molecule has 2 aromatic heterocycles. The normalized spacial score (nSPS) is 16.2. The standard InChI is InChI=1S/C20H26N6O2S/c1-12-7-16-19(23-11-25(29-16)9-14-3-4-14)20(28)26(12)10-18(27)22-8-15-5-6-17(21)24-13(15)2/h5-7,14,23H,3-4,8-11H2,1-2H3,(H2,21,24)(H,22,27). The molecule has 1 amide bonds. The Hall–Kier alpha value is -2.52. The fraction of sp³-hybridized carbons (Fsp3) is 0.450. The number of rotatable bonds is 6. The minimum Gasteiger partial charge on any atom is -0.384 e. The molecule has 4 rings (SSSR count). The van der Waals surface area contributed by atoms with Gasteiger partial charge in [0.05, 0.1) is 11.6 Å². The lowest BCUT2D eigenvalue weighted by Crippen LogP contribution is -2.37. The van der Waals surface area contributed by atoms with E-state index in [1.807, 2.05) is 26.0 Å². The second-order valence-electron chi connectivity index (χ2n) is 7.71. The molecule has 0 aromatic carbocycles. The number of aryl methyl sites for hydroxylation is 2. The summed E-state index contributed by atoms with van der Waals surface area (Å²) in [5, 5.41) is 6.11. The average Bonchev–Trinajstić information content (AvgIpc) is 3.48. The van der Waals surface area contributed by atoms with Crippen molar-refractivity contribution in [3.63, 3.8) is 0 Å². The number of fused-ring (bicyclic) bond motifs is 1. The third kappa shape index (κ3) is 4.56. The molecule has 4 N–H and O–H groups in total. The Kier molecular flexibility index (Phi) is 5.51. The number of amides is 1. The van der Waals surface area contributed by atoms with Gasteiger partial charge >= 0.3 is 0 Å². The molecule has 154 valence electrons. The summed E-state index contributed by atoms with van der Waals surface area (Å²) in [5.74, 6) is 1.02. The summed E-state index contributed by atoms with van der Waals surface area (Å²) in [6, 6.07) is 5.54. The molecule has 1 saturated carbocycles.